The molecule has 6 heteroatoms. The van der Waals surface area contributed by atoms with Crippen molar-refractivity contribution in [2.45, 2.75) is 25.9 Å². The largest absolute Gasteiger partial charge is 0.497 e. The van der Waals surface area contributed by atoms with Crippen LogP contribution in [0.1, 0.15) is 18.9 Å². The van der Waals surface area contributed by atoms with Gasteiger partial charge in [-0.3, -0.25) is 9.59 Å². The first kappa shape index (κ1) is 19.3. The number of para-hydroxylation sites is 1. The third kappa shape index (κ3) is 5.81. The quantitative estimate of drug-likeness (QED) is 0.735. The van der Waals surface area contributed by atoms with Crippen molar-refractivity contribution >= 4 is 17.6 Å². The molecule has 6 nitrogen and oxygen atoms in total. The van der Waals surface area contributed by atoms with Gasteiger partial charge in [0.15, 0.2) is 6.10 Å². The van der Waals surface area contributed by atoms with Crippen LogP contribution >= 0.6 is 0 Å². The van der Waals surface area contributed by atoms with E-state index in [2.05, 4.69) is 5.32 Å². The lowest BCUT2D eigenvalue weighted by Crippen LogP contribution is -2.30. The maximum absolute atomic E-state index is 12.1. The molecule has 2 rings (SSSR count). The normalized spacial score (nSPS) is 11.3. The monoisotopic (exact) mass is 357 g/mol. The highest BCUT2D eigenvalue weighted by Crippen LogP contribution is 2.23. The van der Waals surface area contributed by atoms with Gasteiger partial charge in [-0.1, -0.05) is 18.2 Å². The molecule has 2 aromatic carbocycles. The topological polar surface area (TPSA) is 73.9 Å². The van der Waals surface area contributed by atoms with Crippen LogP contribution in [-0.2, 0) is 20.7 Å². The summed E-state index contributed by atoms with van der Waals surface area (Å²) in [5, 5.41) is 2.70. The molecular weight excluding hydrogens is 334 g/mol. The highest BCUT2D eigenvalue weighted by atomic mass is 16.5. The second-order valence-electron chi connectivity index (χ2n) is 5.71. The van der Waals surface area contributed by atoms with Gasteiger partial charge in [0.25, 0.3) is 5.91 Å². The fraction of sp³-hybridized carbons (Fsp3) is 0.300. The van der Waals surface area contributed by atoms with E-state index in [0.29, 0.717) is 23.6 Å². The number of hydrogen-bond acceptors (Lipinski definition) is 5. The summed E-state index contributed by atoms with van der Waals surface area (Å²) in [5.41, 5.74) is 1.54. The van der Waals surface area contributed by atoms with Crippen LogP contribution in [0.5, 0.6) is 11.5 Å². The van der Waals surface area contributed by atoms with E-state index < -0.39 is 12.1 Å². The van der Waals surface area contributed by atoms with E-state index in [1.165, 1.54) is 0 Å². The first-order valence-corrected chi connectivity index (χ1v) is 8.29. The van der Waals surface area contributed by atoms with Crippen LogP contribution in [0.4, 0.5) is 5.69 Å². The van der Waals surface area contributed by atoms with Crippen LogP contribution in [0.2, 0.25) is 0 Å². The zero-order valence-electron chi connectivity index (χ0n) is 15.2. The first-order valence-electron chi connectivity index (χ1n) is 8.29. The van der Waals surface area contributed by atoms with Gasteiger partial charge in [-0.15, -0.1) is 0 Å². The smallest absolute Gasteiger partial charge is 0.306 e. The number of methoxy groups -OCH3 is 2. The summed E-state index contributed by atoms with van der Waals surface area (Å²) in [6.45, 7) is 1.55. The van der Waals surface area contributed by atoms with E-state index in [1.807, 2.05) is 30.3 Å². The van der Waals surface area contributed by atoms with Crippen LogP contribution in [-0.4, -0.2) is 32.2 Å². The third-order valence-electron chi connectivity index (χ3n) is 3.75. The molecule has 0 aliphatic heterocycles. The number of anilines is 1. The molecule has 0 aromatic heterocycles. The van der Waals surface area contributed by atoms with Gasteiger partial charge in [0.1, 0.15) is 11.5 Å². The molecule has 1 amide bonds. The maximum atomic E-state index is 12.1. The number of amides is 1. The predicted octanol–water partition coefficient (Wildman–Crippen LogP) is 3.21. The van der Waals surface area contributed by atoms with Crippen molar-refractivity contribution in [2.75, 3.05) is 19.5 Å². The summed E-state index contributed by atoms with van der Waals surface area (Å²) in [4.78, 5) is 24.1. The van der Waals surface area contributed by atoms with Crippen molar-refractivity contribution in [1.29, 1.82) is 0 Å². The number of carbonyl (C=O) groups excluding carboxylic acids is 2. The summed E-state index contributed by atoms with van der Waals surface area (Å²) in [6, 6.07) is 14.4. The number of ether oxygens (including phenoxy) is 3. The van der Waals surface area contributed by atoms with E-state index in [-0.39, 0.29) is 12.3 Å². The van der Waals surface area contributed by atoms with Gasteiger partial charge in [-0.05, 0) is 43.2 Å². The van der Waals surface area contributed by atoms with E-state index in [9.17, 15) is 9.59 Å². The molecule has 0 heterocycles. The van der Waals surface area contributed by atoms with Crippen molar-refractivity contribution in [3.05, 3.63) is 54.1 Å². The molecule has 1 atom stereocenters. The van der Waals surface area contributed by atoms with Crippen molar-refractivity contribution in [3.8, 4) is 11.5 Å². The number of carbonyl (C=O) groups is 2. The van der Waals surface area contributed by atoms with Crippen molar-refractivity contribution in [2.24, 2.45) is 0 Å². The van der Waals surface area contributed by atoms with Gasteiger partial charge in [0, 0.05) is 18.2 Å². The summed E-state index contributed by atoms with van der Waals surface area (Å²) in [6.07, 6.45) is -0.263. The SMILES string of the molecule is COc1cc(CCC(=O)O[C@H](C)C(=O)Nc2ccccc2)cc(OC)c1. The highest BCUT2D eigenvalue weighted by Gasteiger charge is 2.18. The fourth-order valence-corrected chi connectivity index (χ4v) is 2.33. The zero-order valence-corrected chi connectivity index (χ0v) is 15.2. The summed E-state index contributed by atoms with van der Waals surface area (Å²) >= 11 is 0. The Morgan fingerprint density at radius 3 is 2.19 bits per heavy atom. The molecule has 0 radical (unpaired) electrons. The maximum Gasteiger partial charge on any atom is 0.306 e. The zero-order chi connectivity index (χ0) is 18.9. The second kappa shape index (κ2) is 9.46. The Morgan fingerprint density at radius 1 is 1.00 bits per heavy atom. The number of esters is 1. The molecule has 0 saturated heterocycles. The van der Waals surface area contributed by atoms with Gasteiger partial charge in [-0.2, -0.15) is 0 Å². The minimum absolute atomic E-state index is 0.152. The number of benzene rings is 2. The van der Waals surface area contributed by atoms with E-state index in [4.69, 9.17) is 14.2 Å². The molecule has 1 N–H and O–H groups in total. The van der Waals surface area contributed by atoms with Crippen molar-refractivity contribution in [1.82, 2.24) is 0 Å². The number of aryl methyl sites for hydroxylation is 1. The molecule has 0 unspecified atom stereocenters. The summed E-state index contributed by atoms with van der Waals surface area (Å²) < 4.78 is 15.6. The fourth-order valence-electron chi connectivity index (χ4n) is 2.33. The van der Waals surface area contributed by atoms with Crippen molar-refractivity contribution < 1.29 is 23.8 Å². The molecule has 138 valence electrons. The van der Waals surface area contributed by atoms with Gasteiger partial charge in [0.05, 0.1) is 14.2 Å². The number of nitrogens with one attached hydrogen (secondary N) is 1. The average Bonchev–Trinajstić information content (AvgIpc) is 2.66. The van der Waals surface area contributed by atoms with Gasteiger partial charge in [0.2, 0.25) is 0 Å². The van der Waals surface area contributed by atoms with Gasteiger partial charge in [-0.25, -0.2) is 0 Å². The standard InChI is InChI=1S/C20H23NO5/c1-14(20(23)21-16-7-5-4-6-8-16)26-19(22)10-9-15-11-17(24-2)13-18(12-15)25-3/h4-8,11-14H,9-10H2,1-3H3,(H,21,23)/t14-/m1/s1. The van der Waals surface area contributed by atoms with Crippen molar-refractivity contribution in [3.63, 3.8) is 0 Å². The van der Waals surface area contributed by atoms with Crippen LogP contribution in [0, 0.1) is 0 Å². The first-order chi connectivity index (χ1) is 12.5. The Bertz CT molecular complexity index is 723. The molecule has 0 aliphatic carbocycles. The third-order valence-corrected chi connectivity index (χ3v) is 3.75. The second-order valence-corrected chi connectivity index (χ2v) is 5.71. The highest BCUT2D eigenvalue weighted by molar-refractivity contribution is 5.95. The minimum atomic E-state index is -0.873. The average molecular weight is 357 g/mol. The minimum Gasteiger partial charge on any atom is -0.497 e. The molecule has 0 saturated carbocycles. The molecule has 26 heavy (non-hydrogen) atoms. The van der Waals surface area contributed by atoms with E-state index >= 15 is 0 Å². The number of hydrogen-bond donors (Lipinski definition) is 1. The van der Waals surface area contributed by atoms with Gasteiger partial charge < -0.3 is 19.5 Å². The lowest BCUT2D eigenvalue weighted by atomic mass is 10.1. The molecule has 0 spiro atoms. The Hall–Kier alpha value is -3.02. The molecule has 0 bridgehead atoms. The summed E-state index contributed by atoms with van der Waals surface area (Å²) in [5.74, 6) is 0.502. The van der Waals surface area contributed by atoms with Crippen LogP contribution < -0.4 is 14.8 Å². The Balaban J connectivity index is 1.85. The molecule has 0 aliphatic rings. The molecule has 2 aromatic rings. The van der Waals surface area contributed by atoms with Gasteiger partial charge >= 0.3 is 5.97 Å². The lowest BCUT2D eigenvalue weighted by molar-refractivity contribution is -0.153. The van der Waals surface area contributed by atoms with Crippen LogP contribution in [0.15, 0.2) is 48.5 Å². The molecule has 0 fully saturated rings. The number of rotatable bonds is 8. The van der Waals surface area contributed by atoms with Crippen LogP contribution in [0.3, 0.4) is 0 Å². The van der Waals surface area contributed by atoms with E-state index in [0.717, 1.165) is 5.56 Å². The Morgan fingerprint density at radius 2 is 1.62 bits per heavy atom. The lowest BCUT2D eigenvalue weighted by Gasteiger charge is -2.14. The predicted molar refractivity (Wildman–Crippen MR) is 98.5 cm³/mol. The Kier molecular flexibility index (Phi) is 7.02. The Labute approximate surface area is 153 Å². The molecular formula is C20H23NO5. The summed E-state index contributed by atoms with van der Waals surface area (Å²) in [7, 11) is 3.14. The van der Waals surface area contributed by atoms with Crippen LogP contribution in [0.25, 0.3) is 0 Å². The van der Waals surface area contributed by atoms with E-state index in [1.54, 1.807) is 39.3 Å².